The molecule has 1 saturated heterocycles. The predicted octanol–water partition coefficient (Wildman–Crippen LogP) is 5.14. The Labute approximate surface area is 177 Å². The molecular weight excluding hydrogens is 376 g/mol. The van der Waals surface area contributed by atoms with Gasteiger partial charge in [-0.1, -0.05) is 36.4 Å². The summed E-state index contributed by atoms with van der Waals surface area (Å²) in [5.41, 5.74) is 1.38. The van der Waals surface area contributed by atoms with Crippen LogP contribution in [0.15, 0.2) is 54.7 Å². The zero-order valence-corrected chi connectivity index (χ0v) is 17.8. The highest BCUT2D eigenvalue weighted by molar-refractivity contribution is 5.86. The number of amides is 1. The van der Waals surface area contributed by atoms with Crippen molar-refractivity contribution in [3.05, 3.63) is 54.7 Å². The van der Waals surface area contributed by atoms with Crippen LogP contribution in [0, 0.1) is 0 Å². The van der Waals surface area contributed by atoms with E-state index in [4.69, 9.17) is 9.72 Å². The molecule has 4 rings (SSSR count). The molecule has 1 amide bonds. The first-order chi connectivity index (χ1) is 14.4. The molecule has 1 unspecified atom stereocenters. The summed E-state index contributed by atoms with van der Waals surface area (Å²) in [5, 5.41) is 5.37. The highest BCUT2D eigenvalue weighted by Crippen LogP contribution is 2.26. The third-order valence-corrected chi connectivity index (χ3v) is 5.13. The summed E-state index contributed by atoms with van der Waals surface area (Å²) in [6.45, 7) is 6.38. The Morgan fingerprint density at radius 1 is 1.10 bits per heavy atom. The molecule has 1 aliphatic rings. The number of aromatic nitrogens is 2. The maximum atomic E-state index is 12.3. The third kappa shape index (κ3) is 4.70. The average molecular weight is 405 g/mol. The van der Waals surface area contributed by atoms with Gasteiger partial charge in [-0.3, -0.25) is 0 Å². The molecule has 0 saturated carbocycles. The smallest absolute Gasteiger partial charge is 0.409 e. The number of alkyl carbamates (subject to hydrolysis) is 1. The standard InChI is InChI=1S/C24H28N4O2/c1-24(2,3)30-23(29)27-21-10-6-7-15-28(21)22-25-14-13-20(26-22)19-12-11-17-8-4-5-9-18(17)16-19/h4-5,8-9,11-14,16,21H,6-7,10,15H2,1-3H3,(H,27,29). The molecule has 1 atom stereocenters. The van der Waals surface area contributed by atoms with E-state index >= 15 is 0 Å². The van der Waals surface area contributed by atoms with Gasteiger partial charge >= 0.3 is 6.09 Å². The summed E-state index contributed by atoms with van der Waals surface area (Å²) in [6, 6.07) is 16.6. The quantitative estimate of drug-likeness (QED) is 0.655. The van der Waals surface area contributed by atoms with Crippen molar-refractivity contribution in [1.82, 2.24) is 15.3 Å². The normalized spacial score (nSPS) is 17.0. The van der Waals surface area contributed by atoms with Crippen LogP contribution in [0.3, 0.4) is 0 Å². The summed E-state index contributed by atoms with van der Waals surface area (Å²) in [4.78, 5) is 23.7. The molecule has 0 aliphatic carbocycles. The lowest BCUT2D eigenvalue weighted by Gasteiger charge is -2.36. The van der Waals surface area contributed by atoms with Crippen molar-refractivity contribution < 1.29 is 9.53 Å². The number of nitrogens with zero attached hydrogens (tertiary/aromatic N) is 3. The topological polar surface area (TPSA) is 67.3 Å². The van der Waals surface area contributed by atoms with Gasteiger partial charge in [0.1, 0.15) is 11.8 Å². The summed E-state index contributed by atoms with van der Waals surface area (Å²) in [7, 11) is 0. The van der Waals surface area contributed by atoms with Gasteiger partial charge in [-0.25, -0.2) is 14.8 Å². The lowest BCUT2D eigenvalue weighted by molar-refractivity contribution is 0.0495. The molecule has 1 fully saturated rings. The predicted molar refractivity (Wildman–Crippen MR) is 119 cm³/mol. The maximum Gasteiger partial charge on any atom is 0.409 e. The fourth-order valence-electron chi connectivity index (χ4n) is 3.76. The van der Waals surface area contributed by atoms with Gasteiger partial charge in [0.15, 0.2) is 0 Å². The van der Waals surface area contributed by atoms with Crippen molar-refractivity contribution in [1.29, 1.82) is 0 Å². The van der Waals surface area contributed by atoms with E-state index in [1.807, 2.05) is 39.0 Å². The van der Waals surface area contributed by atoms with Crippen LogP contribution in [0.5, 0.6) is 0 Å². The second-order valence-corrected chi connectivity index (χ2v) is 8.66. The van der Waals surface area contributed by atoms with Crippen molar-refractivity contribution in [2.24, 2.45) is 0 Å². The molecule has 2 aromatic carbocycles. The molecule has 6 heteroatoms. The van der Waals surface area contributed by atoms with Gasteiger partial charge in [0, 0.05) is 18.3 Å². The van der Waals surface area contributed by atoms with Crippen molar-refractivity contribution in [3.63, 3.8) is 0 Å². The largest absolute Gasteiger partial charge is 0.444 e. The molecule has 3 aromatic rings. The molecule has 1 aromatic heterocycles. The van der Waals surface area contributed by atoms with Crippen LogP contribution in [-0.4, -0.2) is 34.4 Å². The summed E-state index contributed by atoms with van der Waals surface area (Å²) >= 11 is 0. The molecule has 0 radical (unpaired) electrons. The van der Waals surface area contributed by atoms with Gasteiger partial charge in [0.2, 0.25) is 5.95 Å². The third-order valence-electron chi connectivity index (χ3n) is 5.13. The van der Waals surface area contributed by atoms with Crippen molar-refractivity contribution in [2.45, 2.75) is 51.8 Å². The van der Waals surface area contributed by atoms with Crippen LogP contribution in [0.4, 0.5) is 10.7 Å². The van der Waals surface area contributed by atoms with E-state index in [1.165, 1.54) is 10.8 Å². The maximum absolute atomic E-state index is 12.3. The molecule has 1 N–H and O–H groups in total. The average Bonchev–Trinajstić information content (AvgIpc) is 2.72. The molecular formula is C24H28N4O2. The second kappa shape index (κ2) is 8.30. The lowest BCUT2D eigenvalue weighted by atomic mass is 10.0. The number of carbonyl (C=O) groups is 1. The Kier molecular flexibility index (Phi) is 5.57. The number of fused-ring (bicyclic) bond motifs is 1. The summed E-state index contributed by atoms with van der Waals surface area (Å²) < 4.78 is 5.44. The number of benzene rings is 2. The number of ether oxygens (including phenoxy) is 1. The van der Waals surface area contributed by atoms with E-state index in [2.05, 4.69) is 45.5 Å². The van der Waals surface area contributed by atoms with Crippen molar-refractivity contribution in [2.75, 3.05) is 11.4 Å². The Morgan fingerprint density at radius 2 is 1.90 bits per heavy atom. The van der Waals surface area contributed by atoms with Crippen LogP contribution < -0.4 is 10.2 Å². The molecule has 0 spiro atoms. The van der Waals surface area contributed by atoms with Crippen molar-refractivity contribution >= 4 is 22.8 Å². The molecule has 1 aliphatic heterocycles. The minimum absolute atomic E-state index is 0.180. The van der Waals surface area contributed by atoms with Gasteiger partial charge in [-0.15, -0.1) is 0 Å². The van der Waals surface area contributed by atoms with Crippen LogP contribution in [0.1, 0.15) is 40.0 Å². The van der Waals surface area contributed by atoms with Gasteiger partial charge in [0.05, 0.1) is 5.69 Å². The zero-order chi connectivity index (χ0) is 21.1. The Balaban J connectivity index is 1.58. The molecule has 156 valence electrons. The molecule has 2 heterocycles. The highest BCUT2D eigenvalue weighted by Gasteiger charge is 2.28. The number of piperidine rings is 1. The summed E-state index contributed by atoms with van der Waals surface area (Å²) in [6.07, 6.45) is 4.11. The monoisotopic (exact) mass is 404 g/mol. The Hall–Kier alpha value is -3.15. The zero-order valence-electron chi connectivity index (χ0n) is 17.8. The number of hydrogen-bond acceptors (Lipinski definition) is 5. The summed E-state index contributed by atoms with van der Waals surface area (Å²) in [5.74, 6) is 0.626. The van der Waals surface area contributed by atoms with Gasteiger partial charge < -0.3 is 15.0 Å². The van der Waals surface area contributed by atoms with Gasteiger partial charge in [-0.2, -0.15) is 0 Å². The fourth-order valence-corrected chi connectivity index (χ4v) is 3.76. The first-order valence-electron chi connectivity index (χ1n) is 10.5. The number of anilines is 1. The minimum atomic E-state index is -0.532. The van der Waals surface area contributed by atoms with E-state index in [1.54, 1.807) is 6.20 Å². The van der Waals surface area contributed by atoms with Gasteiger partial charge in [0.25, 0.3) is 0 Å². The number of rotatable bonds is 3. The van der Waals surface area contributed by atoms with E-state index in [-0.39, 0.29) is 6.17 Å². The Bertz CT molecular complexity index is 1040. The minimum Gasteiger partial charge on any atom is -0.444 e. The van der Waals surface area contributed by atoms with E-state index in [9.17, 15) is 4.79 Å². The number of carbonyl (C=O) groups excluding carboxylic acids is 1. The van der Waals surface area contributed by atoms with Crippen LogP contribution in [0.25, 0.3) is 22.0 Å². The first-order valence-corrected chi connectivity index (χ1v) is 10.5. The lowest BCUT2D eigenvalue weighted by Crippen LogP contribution is -2.52. The Morgan fingerprint density at radius 3 is 2.70 bits per heavy atom. The number of hydrogen-bond donors (Lipinski definition) is 1. The van der Waals surface area contributed by atoms with Crippen LogP contribution in [0.2, 0.25) is 0 Å². The fraction of sp³-hybridized carbons (Fsp3) is 0.375. The second-order valence-electron chi connectivity index (χ2n) is 8.66. The molecule has 0 bridgehead atoms. The van der Waals surface area contributed by atoms with Crippen LogP contribution >= 0.6 is 0 Å². The highest BCUT2D eigenvalue weighted by atomic mass is 16.6. The van der Waals surface area contributed by atoms with E-state index in [0.717, 1.165) is 37.1 Å². The van der Waals surface area contributed by atoms with E-state index < -0.39 is 11.7 Å². The molecule has 30 heavy (non-hydrogen) atoms. The molecule has 6 nitrogen and oxygen atoms in total. The van der Waals surface area contributed by atoms with E-state index in [0.29, 0.717) is 5.95 Å². The number of nitrogens with one attached hydrogen (secondary N) is 1. The SMILES string of the molecule is CC(C)(C)OC(=O)NC1CCCCN1c1nccc(-c2ccc3ccccc3c2)n1. The van der Waals surface area contributed by atoms with Crippen molar-refractivity contribution in [3.8, 4) is 11.3 Å². The van der Waals surface area contributed by atoms with Crippen LogP contribution in [-0.2, 0) is 4.74 Å². The first kappa shape index (κ1) is 20.1. The van der Waals surface area contributed by atoms with Gasteiger partial charge in [-0.05, 0) is 62.9 Å².